The van der Waals surface area contributed by atoms with E-state index in [4.69, 9.17) is 28.5 Å². The van der Waals surface area contributed by atoms with Crippen LogP contribution in [-0.2, 0) is 54.2 Å². The predicted octanol–water partition coefficient (Wildman–Crippen LogP) is 3.96. The van der Waals surface area contributed by atoms with Crippen LogP contribution in [0.5, 0.6) is 0 Å². The van der Waals surface area contributed by atoms with Crippen molar-refractivity contribution in [1.82, 2.24) is 15.3 Å². The van der Waals surface area contributed by atoms with E-state index in [0.717, 1.165) is 56.1 Å². The Morgan fingerprint density at radius 2 is 1.76 bits per heavy atom. The number of likely N-dealkylation sites (tertiary alicyclic amines) is 1. The molecule has 4 aliphatic carbocycles. The standard InChI is InChI=1S/C45H59N3O11/c1-43(2,3)56-35(50)19-17-30(24-49)46-40(51)31-9-6-20-47(31)42(53)44-22-34-36-37(58-45(57-36,28-13-14-28)29-15-16-29)39(44)59-48(38(44)41(52)55-34)23-27-8-5-4-7-26(27)12-10-25-11-18-32-33(21-25)54-32/h4-5,7-8,10,12,25,28-34,36-39,49H,6,9,11,13-24H2,1-3H3,(H,46,51). The number of hydrogen-bond acceptors (Lipinski definition) is 12. The maximum atomic E-state index is 15.6. The Kier molecular flexibility index (Phi) is 10.0. The molecule has 0 aromatic heterocycles. The first kappa shape index (κ1) is 39.7. The third-order valence-electron chi connectivity index (χ3n) is 14.4. The van der Waals surface area contributed by atoms with Crippen LogP contribution in [0.1, 0.15) is 109 Å². The van der Waals surface area contributed by atoms with Crippen LogP contribution in [0.15, 0.2) is 30.3 Å². The number of epoxide rings is 1. The lowest BCUT2D eigenvalue weighted by Crippen LogP contribution is -2.70. The van der Waals surface area contributed by atoms with Crippen LogP contribution in [0.2, 0.25) is 0 Å². The molecule has 0 spiro atoms. The van der Waals surface area contributed by atoms with E-state index in [0.29, 0.717) is 37.5 Å². The fourth-order valence-electron chi connectivity index (χ4n) is 11.2. The SMILES string of the molecule is CC(C)(C)OC(=O)CCC(CO)NC(=O)C1CCCN1C(=O)C12CC3OC(=O)C1N(Cc1ccccc1C=CC1CCC4OC4C1)OC2C1OC(C2CC2)(C2CC2)OC31. The summed E-state index contributed by atoms with van der Waals surface area (Å²) in [7, 11) is 0. The Morgan fingerprint density at radius 3 is 2.49 bits per heavy atom. The average Bonchev–Trinajstić information content (AvgIpc) is 4.16. The highest BCUT2D eigenvalue weighted by Gasteiger charge is 2.78. The largest absolute Gasteiger partial charge is 0.460 e. The van der Waals surface area contributed by atoms with E-state index in [2.05, 4.69) is 23.5 Å². The third-order valence-corrected chi connectivity index (χ3v) is 14.4. The van der Waals surface area contributed by atoms with Gasteiger partial charge in [-0.2, -0.15) is 5.06 Å². The van der Waals surface area contributed by atoms with Gasteiger partial charge < -0.3 is 39.0 Å². The number of rotatable bonds is 13. The maximum absolute atomic E-state index is 15.6. The molecule has 320 valence electrons. The fraction of sp³-hybridized carbons (Fsp3) is 0.733. The monoisotopic (exact) mass is 817 g/mol. The van der Waals surface area contributed by atoms with E-state index >= 15 is 4.79 Å². The van der Waals surface area contributed by atoms with E-state index < -0.39 is 77.2 Å². The number of aliphatic hydroxyl groups excluding tert-OH is 1. The van der Waals surface area contributed by atoms with Crippen molar-refractivity contribution in [1.29, 1.82) is 0 Å². The van der Waals surface area contributed by atoms with E-state index in [1.54, 1.807) is 30.7 Å². The number of hydrogen-bond donors (Lipinski definition) is 2. The van der Waals surface area contributed by atoms with Crippen LogP contribution < -0.4 is 5.32 Å². The van der Waals surface area contributed by atoms with Gasteiger partial charge in [0, 0.05) is 31.2 Å². The number of benzene rings is 1. The number of ether oxygens (including phenoxy) is 5. The fourth-order valence-corrected chi connectivity index (χ4v) is 11.2. The number of carbonyl (C=O) groups is 4. The highest BCUT2D eigenvalue weighted by molar-refractivity contribution is 5.96. The molecule has 2 N–H and O–H groups in total. The second-order valence-corrected chi connectivity index (χ2v) is 19.7. The molecule has 2 amide bonds. The van der Waals surface area contributed by atoms with Crippen LogP contribution in [0, 0.1) is 23.2 Å². The van der Waals surface area contributed by atoms with E-state index in [-0.39, 0.29) is 50.2 Å². The van der Waals surface area contributed by atoms with Gasteiger partial charge in [-0.15, -0.1) is 0 Å². The second-order valence-electron chi connectivity index (χ2n) is 19.7. The molecule has 5 aliphatic heterocycles. The molecule has 5 saturated heterocycles. The van der Waals surface area contributed by atoms with E-state index in [1.165, 1.54) is 0 Å². The first-order valence-corrected chi connectivity index (χ1v) is 22.2. The molecule has 4 saturated carbocycles. The molecule has 5 heterocycles. The van der Waals surface area contributed by atoms with Crippen LogP contribution in [0.4, 0.5) is 0 Å². The normalized spacial score (nSPS) is 37.5. The minimum Gasteiger partial charge on any atom is -0.460 e. The molecule has 1 aromatic rings. The second kappa shape index (κ2) is 14.9. The van der Waals surface area contributed by atoms with Gasteiger partial charge in [0.15, 0.2) is 11.8 Å². The minimum absolute atomic E-state index is 0.0163. The Hall–Kier alpha value is -3.40. The summed E-state index contributed by atoms with van der Waals surface area (Å²) in [5.41, 5.74) is -0.105. The summed E-state index contributed by atoms with van der Waals surface area (Å²) in [6.45, 7) is 5.52. The van der Waals surface area contributed by atoms with E-state index in [9.17, 15) is 19.5 Å². The molecule has 59 heavy (non-hydrogen) atoms. The summed E-state index contributed by atoms with van der Waals surface area (Å²) in [4.78, 5) is 65.2. The van der Waals surface area contributed by atoms with Crippen molar-refractivity contribution >= 4 is 29.8 Å². The summed E-state index contributed by atoms with van der Waals surface area (Å²) < 4.78 is 31.5. The number of allylic oxidation sites excluding steroid dienone is 1. The van der Waals surface area contributed by atoms with Gasteiger partial charge in [-0.1, -0.05) is 36.4 Å². The van der Waals surface area contributed by atoms with Crippen molar-refractivity contribution in [2.75, 3.05) is 13.2 Å². The zero-order valence-electron chi connectivity index (χ0n) is 34.4. The van der Waals surface area contributed by atoms with Crippen LogP contribution >= 0.6 is 0 Å². The summed E-state index contributed by atoms with van der Waals surface area (Å²) in [5, 5.41) is 14.8. The Bertz CT molecular complexity index is 1860. The first-order valence-electron chi connectivity index (χ1n) is 22.2. The van der Waals surface area contributed by atoms with Crippen molar-refractivity contribution in [3.8, 4) is 0 Å². The highest BCUT2D eigenvalue weighted by Crippen LogP contribution is 2.64. The van der Waals surface area contributed by atoms with Gasteiger partial charge in [0.25, 0.3) is 0 Å². The number of esters is 2. The number of fused-ring (bicyclic) bond motifs is 5. The highest BCUT2D eigenvalue weighted by atomic mass is 16.8. The van der Waals surface area contributed by atoms with Gasteiger partial charge >= 0.3 is 11.9 Å². The van der Waals surface area contributed by atoms with E-state index in [1.807, 2.05) is 18.2 Å². The topological polar surface area (TPSA) is 166 Å². The van der Waals surface area contributed by atoms with Crippen molar-refractivity contribution < 1.29 is 52.8 Å². The Balaban J connectivity index is 0.936. The zero-order chi connectivity index (χ0) is 40.8. The molecular weight excluding hydrogens is 759 g/mol. The zero-order valence-corrected chi connectivity index (χ0v) is 34.4. The van der Waals surface area contributed by atoms with Gasteiger partial charge in [-0.3, -0.25) is 24.0 Å². The molecule has 9 aliphatic rings. The van der Waals surface area contributed by atoms with Crippen LogP contribution in [0.25, 0.3) is 6.08 Å². The smallest absolute Gasteiger partial charge is 0.327 e. The predicted molar refractivity (Wildman–Crippen MR) is 209 cm³/mol. The first-order chi connectivity index (χ1) is 28.4. The van der Waals surface area contributed by atoms with Crippen LogP contribution in [-0.4, -0.2) is 118 Å². The van der Waals surface area contributed by atoms with Gasteiger partial charge in [-0.05, 0) is 102 Å². The van der Waals surface area contributed by atoms with Gasteiger partial charge in [0.1, 0.15) is 41.5 Å². The molecule has 2 bridgehead atoms. The Labute approximate surface area is 345 Å². The lowest BCUT2D eigenvalue weighted by Gasteiger charge is -2.50. The van der Waals surface area contributed by atoms with Crippen molar-refractivity contribution in [3.63, 3.8) is 0 Å². The number of hydroxylamine groups is 2. The van der Waals surface area contributed by atoms with Gasteiger partial charge in [0.05, 0.1) is 31.4 Å². The number of carbonyl (C=O) groups excluding carboxylic acids is 4. The summed E-state index contributed by atoms with van der Waals surface area (Å²) in [5.74, 6) is -1.55. The quantitative estimate of drug-likeness (QED) is 0.218. The third kappa shape index (κ3) is 7.22. The summed E-state index contributed by atoms with van der Waals surface area (Å²) in [6.07, 6.45) is 11.0. The van der Waals surface area contributed by atoms with Crippen LogP contribution in [0.3, 0.4) is 0 Å². The molecule has 1 aromatic carbocycles. The minimum atomic E-state index is -1.41. The summed E-state index contributed by atoms with van der Waals surface area (Å²) in [6, 6.07) is 5.43. The molecule has 11 unspecified atom stereocenters. The molecular formula is C45H59N3O11. The molecule has 14 heteroatoms. The molecule has 10 rings (SSSR count). The van der Waals surface area contributed by atoms with Crippen molar-refractivity contribution in [2.24, 2.45) is 23.2 Å². The number of amides is 2. The number of nitrogens with one attached hydrogen (secondary N) is 1. The summed E-state index contributed by atoms with van der Waals surface area (Å²) >= 11 is 0. The molecule has 11 atom stereocenters. The number of aliphatic hydroxyl groups is 1. The maximum Gasteiger partial charge on any atom is 0.327 e. The van der Waals surface area contributed by atoms with Crippen molar-refractivity contribution in [2.45, 2.75) is 171 Å². The average molecular weight is 818 g/mol. The van der Waals surface area contributed by atoms with Gasteiger partial charge in [-0.25, -0.2) is 0 Å². The Morgan fingerprint density at radius 1 is 1.00 bits per heavy atom. The van der Waals surface area contributed by atoms with Gasteiger partial charge in [0.2, 0.25) is 11.8 Å². The molecule has 14 nitrogen and oxygen atoms in total. The number of nitrogens with zero attached hydrogens (tertiary/aromatic N) is 2. The lowest BCUT2D eigenvalue weighted by atomic mass is 9.62. The molecule has 9 fully saturated rings. The van der Waals surface area contributed by atoms with Crippen molar-refractivity contribution in [3.05, 3.63) is 41.5 Å². The molecule has 0 radical (unpaired) electrons. The lowest BCUT2D eigenvalue weighted by molar-refractivity contribution is -0.235.